The van der Waals surface area contributed by atoms with Crippen LogP contribution in [0.5, 0.6) is 0 Å². The summed E-state index contributed by atoms with van der Waals surface area (Å²) >= 11 is 0. The van der Waals surface area contributed by atoms with E-state index in [1.165, 1.54) is 0 Å². The van der Waals surface area contributed by atoms with Gasteiger partial charge in [-0.25, -0.2) is 4.79 Å². The van der Waals surface area contributed by atoms with Gasteiger partial charge in [-0.15, -0.1) is 0 Å². The first-order valence-electron chi connectivity index (χ1n) is 8.52. The first-order chi connectivity index (χ1) is 13.4. The molecular formula is C15H26N6O8. The first-order valence-corrected chi connectivity index (χ1v) is 8.52. The largest absolute Gasteiger partial charge is 0.481 e. The van der Waals surface area contributed by atoms with Crippen LogP contribution in [-0.4, -0.2) is 75.7 Å². The Hall–Kier alpha value is -3.42. The maximum absolute atomic E-state index is 12.4. The molecule has 0 rings (SSSR count). The molecule has 11 N–H and O–H groups in total. The number of amides is 2. The van der Waals surface area contributed by atoms with Crippen LogP contribution in [0.3, 0.4) is 0 Å². The number of guanidine groups is 1. The average Bonchev–Trinajstić information content (AvgIpc) is 2.60. The minimum atomic E-state index is -1.71. The van der Waals surface area contributed by atoms with Gasteiger partial charge in [0.2, 0.25) is 11.8 Å². The Balaban J connectivity index is 5.14. The Morgan fingerprint density at radius 1 is 0.862 bits per heavy atom. The number of carboxylic acids is 3. The fourth-order valence-corrected chi connectivity index (χ4v) is 2.11. The lowest BCUT2D eigenvalue weighted by Gasteiger charge is -2.22. The molecule has 0 aromatic carbocycles. The molecule has 0 bridgehead atoms. The molecule has 0 spiro atoms. The number of nitrogens with zero attached hydrogens (tertiary/aromatic N) is 1. The van der Waals surface area contributed by atoms with Gasteiger partial charge in [-0.1, -0.05) is 0 Å². The molecule has 29 heavy (non-hydrogen) atoms. The van der Waals surface area contributed by atoms with E-state index in [0.717, 1.165) is 0 Å². The molecule has 164 valence electrons. The number of carbonyl (C=O) groups excluding carboxylic acids is 2. The summed E-state index contributed by atoms with van der Waals surface area (Å²) in [6.45, 7) is 0.116. The lowest BCUT2D eigenvalue weighted by Crippen LogP contribution is -2.54. The van der Waals surface area contributed by atoms with Crippen molar-refractivity contribution in [2.45, 2.75) is 50.2 Å². The SMILES string of the molecule is NC(N)=NCCCC(NC(=O)C(N)CCC(=O)O)C(=O)NC(CC(=O)O)C(=O)O. The third-order valence-corrected chi connectivity index (χ3v) is 3.58. The second-order valence-corrected chi connectivity index (χ2v) is 6.05. The van der Waals surface area contributed by atoms with Crippen LogP contribution in [0.1, 0.15) is 32.1 Å². The van der Waals surface area contributed by atoms with Crippen molar-refractivity contribution >= 4 is 35.7 Å². The number of rotatable bonds is 14. The zero-order chi connectivity index (χ0) is 22.6. The number of carbonyl (C=O) groups is 5. The molecule has 0 aromatic rings. The van der Waals surface area contributed by atoms with Gasteiger partial charge in [-0.3, -0.25) is 24.2 Å². The molecule has 0 aliphatic carbocycles. The monoisotopic (exact) mass is 418 g/mol. The zero-order valence-corrected chi connectivity index (χ0v) is 15.5. The number of aliphatic carboxylic acids is 3. The molecule has 3 unspecified atom stereocenters. The quantitative estimate of drug-likeness (QED) is 0.0789. The highest BCUT2D eigenvalue weighted by molar-refractivity contribution is 5.92. The molecule has 0 saturated carbocycles. The summed E-state index contributed by atoms with van der Waals surface area (Å²) < 4.78 is 0. The number of carboxylic acid groups (broad SMARTS) is 3. The molecule has 0 aliphatic rings. The molecular weight excluding hydrogens is 392 g/mol. The van der Waals surface area contributed by atoms with E-state index in [0.29, 0.717) is 0 Å². The van der Waals surface area contributed by atoms with Crippen molar-refractivity contribution in [3.63, 3.8) is 0 Å². The molecule has 14 nitrogen and oxygen atoms in total. The third kappa shape index (κ3) is 11.8. The van der Waals surface area contributed by atoms with Gasteiger partial charge in [0.15, 0.2) is 5.96 Å². The molecule has 0 saturated heterocycles. The fourth-order valence-electron chi connectivity index (χ4n) is 2.11. The van der Waals surface area contributed by atoms with E-state index >= 15 is 0 Å². The third-order valence-electron chi connectivity index (χ3n) is 3.58. The molecule has 0 radical (unpaired) electrons. The van der Waals surface area contributed by atoms with Crippen molar-refractivity contribution in [2.75, 3.05) is 6.54 Å². The van der Waals surface area contributed by atoms with Crippen LogP contribution in [0.15, 0.2) is 4.99 Å². The fraction of sp³-hybridized carbons (Fsp3) is 0.600. The van der Waals surface area contributed by atoms with Crippen molar-refractivity contribution in [1.82, 2.24) is 10.6 Å². The van der Waals surface area contributed by atoms with Gasteiger partial charge in [0.25, 0.3) is 0 Å². The van der Waals surface area contributed by atoms with Crippen molar-refractivity contribution in [1.29, 1.82) is 0 Å². The second-order valence-electron chi connectivity index (χ2n) is 6.05. The van der Waals surface area contributed by atoms with E-state index < -0.39 is 54.3 Å². The zero-order valence-electron chi connectivity index (χ0n) is 15.5. The van der Waals surface area contributed by atoms with Gasteiger partial charge in [0.1, 0.15) is 12.1 Å². The van der Waals surface area contributed by atoms with Crippen LogP contribution in [0.2, 0.25) is 0 Å². The summed E-state index contributed by atoms with van der Waals surface area (Å²) in [5.74, 6) is -6.11. The van der Waals surface area contributed by atoms with Crippen LogP contribution in [0, 0.1) is 0 Å². The van der Waals surface area contributed by atoms with Gasteiger partial charge in [0, 0.05) is 13.0 Å². The summed E-state index contributed by atoms with van der Waals surface area (Å²) in [5, 5.41) is 30.8. The van der Waals surface area contributed by atoms with Crippen LogP contribution in [-0.2, 0) is 24.0 Å². The van der Waals surface area contributed by atoms with Gasteiger partial charge in [0.05, 0.1) is 12.5 Å². The van der Waals surface area contributed by atoms with Crippen molar-refractivity contribution < 1.29 is 39.3 Å². The number of aliphatic imine (C=N–C) groups is 1. The smallest absolute Gasteiger partial charge is 0.326 e. The summed E-state index contributed by atoms with van der Waals surface area (Å²) in [6, 6.07) is -4.19. The highest BCUT2D eigenvalue weighted by Crippen LogP contribution is 2.03. The van der Waals surface area contributed by atoms with E-state index in [4.69, 9.17) is 32.5 Å². The van der Waals surface area contributed by atoms with Crippen LogP contribution in [0.25, 0.3) is 0 Å². The predicted molar refractivity (Wildman–Crippen MR) is 98.5 cm³/mol. The molecule has 14 heteroatoms. The molecule has 0 heterocycles. The maximum atomic E-state index is 12.4. The van der Waals surface area contributed by atoms with Crippen LogP contribution in [0.4, 0.5) is 0 Å². The van der Waals surface area contributed by atoms with E-state index in [2.05, 4.69) is 10.3 Å². The molecule has 2 amide bonds. The average molecular weight is 418 g/mol. The summed E-state index contributed by atoms with van der Waals surface area (Å²) in [7, 11) is 0. The number of nitrogens with one attached hydrogen (secondary N) is 2. The van der Waals surface area contributed by atoms with Crippen molar-refractivity contribution in [3.05, 3.63) is 0 Å². The van der Waals surface area contributed by atoms with Crippen molar-refractivity contribution in [3.8, 4) is 0 Å². The van der Waals surface area contributed by atoms with E-state index in [-0.39, 0.29) is 38.2 Å². The predicted octanol–water partition coefficient (Wildman–Crippen LogP) is -3.24. The van der Waals surface area contributed by atoms with E-state index in [1.807, 2.05) is 5.32 Å². The van der Waals surface area contributed by atoms with Gasteiger partial charge < -0.3 is 43.2 Å². The normalized spacial score (nSPS) is 13.4. The minimum absolute atomic E-state index is 0.0145. The Labute approximate surface area is 165 Å². The highest BCUT2D eigenvalue weighted by atomic mass is 16.4. The van der Waals surface area contributed by atoms with E-state index in [1.54, 1.807) is 0 Å². The molecule has 3 atom stereocenters. The molecule has 0 fully saturated rings. The van der Waals surface area contributed by atoms with Gasteiger partial charge in [-0.05, 0) is 19.3 Å². The first kappa shape index (κ1) is 25.6. The number of hydrogen-bond donors (Lipinski definition) is 8. The Bertz CT molecular complexity index is 649. The molecule has 0 aliphatic heterocycles. The lowest BCUT2D eigenvalue weighted by atomic mass is 10.1. The number of hydrogen-bond acceptors (Lipinski definition) is 7. The van der Waals surface area contributed by atoms with Crippen LogP contribution < -0.4 is 27.8 Å². The number of nitrogens with two attached hydrogens (primary N) is 3. The van der Waals surface area contributed by atoms with E-state index in [9.17, 15) is 24.0 Å². The maximum Gasteiger partial charge on any atom is 0.326 e. The summed E-state index contributed by atoms with van der Waals surface area (Å²) in [6.07, 6.45) is -1.21. The Kier molecular flexibility index (Phi) is 11.4. The molecule has 0 aromatic heterocycles. The Morgan fingerprint density at radius 2 is 1.45 bits per heavy atom. The second kappa shape index (κ2) is 12.9. The van der Waals surface area contributed by atoms with Gasteiger partial charge >= 0.3 is 17.9 Å². The van der Waals surface area contributed by atoms with Crippen molar-refractivity contribution in [2.24, 2.45) is 22.2 Å². The standard InChI is InChI=1S/C15H26N6O8/c16-7(3-4-10(22)23)12(26)20-8(2-1-5-19-15(17)18)13(27)21-9(14(28)29)6-11(24)25/h7-9H,1-6,16H2,(H,20,26)(H,21,27)(H,22,23)(H,24,25)(H,28,29)(H4,17,18,19). The highest BCUT2D eigenvalue weighted by Gasteiger charge is 2.29. The minimum Gasteiger partial charge on any atom is -0.481 e. The van der Waals surface area contributed by atoms with Gasteiger partial charge in [-0.2, -0.15) is 0 Å². The van der Waals surface area contributed by atoms with Crippen LogP contribution >= 0.6 is 0 Å². The lowest BCUT2D eigenvalue weighted by molar-refractivity contribution is -0.147. The Morgan fingerprint density at radius 3 is 1.93 bits per heavy atom. The summed E-state index contributed by atoms with van der Waals surface area (Å²) in [5.41, 5.74) is 16.0. The summed E-state index contributed by atoms with van der Waals surface area (Å²) in [4.78, 5) is 60.7. The topological polar surface area (TPSA) is 261 Å².